The van der Waals surface area contributed by atoms with Crippen LogP contribution in [0.5, 0.6) is 0 Å². The number of amides is 3. The van der Waals surface area contributed by atoms with Crippen LogP contribution in [0.4, 0.5) is 5.69 Å². The van der Waals surface area contributed by atoms with Gasteiger partial charge in [0.15, 0.2) is 0 Å². The minimum absolute atomic E-state index is 0.163. The Morgan fingerprint density at radius 1 is 1.06 bits per heavy atom. The third-order valence-corrected chi connectivity index (χ3v) is 5.89. The molecule has 2 aliphatic rings. The maximum absolute atomic E-state index is 13.6. The summed E-state index contributed by atoms with van der Waals surface area (Å²) in [4.78, 5) is 45.9. The fourth-order valence-electron chi connectivity index (χ4n) is 4.70. The van der Waals surface area contributed by atoms with Crippen molar-refractivity contribution in [2.75, 3.05) is 18.4 Å². The lowest BCUT2D eigenvalue weighted by atomic mass is 9.91. The Balaban J connectivity index is 1.73. The summed E-state index contributed by atoms with van der Waals surface area (Å²) in [5.74, 6) is 0.145. The summed E-state index contributed by atoms with van der Waals surface area (Å²) in [7, 11) is 0. The highest BCUT2D eigenvalue weighted by atomic mass is 16.2. The molecule has 1 fully saturated rings. The molecule has 3 heterocycles. The number of hydrogen-bond donors (Lipinski definition) is 1. The largest absolute Gasteiger partial charge is 0.366 e. The van der Waals surface area contributed by atoms with Gasteiger partial charge in [-0.05, 0) is 47.6 Å². The first-order chi connectivity index (χ1) is 15.3. The van der Waals surface area contributed by atoms with Crippen molar-refractivity contribution in [3.05, 3.63) is 65.6 Å². The number of hydrogen-bond acceptors (Lipinski definition) is 5. The van der Waals surface area contributed by atoms with Gasteiger partial charge < -0.3 is 10.2 Å². The third kappa shape index (κ3) is 4.42. The zero-order valence-corrected chi connectivity index (χ0v) is 18.7. The molecule has 166 valence electrons. The van der Waals surface area contributed by atoms with Crippen molar-refractivity contribution in [2.45, 2.75) is 33.7 Å². The molecule has 0 spiro atoms. The number of likely N-dealkylation sites (tertiary alicyclic amines) is 1. The second-order valence-electron chi connectivity index (χ2n) is 8.89. The zero-order valence-electron chi connectivity index (χ0n) is 18.7. The monoisotopic (exact) mass is 432 g/mol. The van der Waals surface area contributed by atoms with E-state index in [1.165, 1.54) is 11.8 Å². The number of piperidine rings is 1. The van der Waals surface area contributed by atoms with Crippen molar-refractivity contribution in [2.24, 2.45) is 11.8 Å². The van der Waals surface area contributed by atoms with Crippen LogP contribution in [0.25, 0.3) is 5.57 Å². The van der Waals surface area contributed by atoms with Gasteiger partial charge in [-0.15, -0.1) is 0 Å². The van der Waals surface area contributed by atoms with Crippen molar-refractivity contribution in [1.29, 1.82) is 0 Å². The molecule has 2 atom stereocenters. The number of pyridine rings is 1. The number of carbonyl (C=O) groups is 3. The molecular weight excluding hydrogens is 404 g/mol. The summed E-state index contributed by atoms with van der Waals surface area (Å²) >= 11 is 0. The van der Waals surface area contributed by atoms with Gasteiger partial charge in [-0.25, -0.2) is 0 Å². The summed E-state index contributed by atoms with van der Waals surface area (Å²) in [5, 5.41) is 2.74. The number of carbonyl (C=O) groups excluding carboxylic acids is 3. The Bertz CT molecular complexity index is 1050. The van der Waals surface area contributed by atoms with E-state index in [-0.39, 0.29) is 24.3 Å². The Morgan fingerprint density at radius 2 is 1.75 bits per heavy atom. The Hall–Kier alpha value is -3.48. The molecule has 7 nitrogen and oxygen atoms in total. The summed E-state index contributed by atoms with van der Waals surface area (Å²) in [5.41, 5.74) is 3.02. The van der Waals surface area contributed by atoms with Gasteiger partial charge in [0, 0.05) is 38.1 Å². The molecule has 1 aromatic carbocycles. The van der Waals surface area contributed by atoms with Gasteiger partial charge in [0.2, 0.25) is 5.91 Å². The van der Waals surface area contributed by atoms with Crippen molar-refractivity contribution in [3.63, 3.8) is 0 Å². The first kappa shape index (κ1) is 21.7. The van der Waals surface area contributed by atoms with E-state index in [0.29, 0.717) is 34.4 Å². The fourth-order valence-corrected chi connectivity index (χ4v) is 4.70. The number of aromatic nitrogens is 1. The molecule has 1 saturated heterocycles. The molecule has 7 heteroatoms. The van der Waals surface area contributed by atoms with Gasteiger partial charge in [-0.3, -0.25) is 24.3 Å². The predicted molar refractivity (Wildman–Crippen MR) is 122 cm³/mol. The van der Waals surface area contributed by atoms with Gasteiger partial charge in [0.1, 0.15) is 5.70 Å². The number of imide groups is 1. The van der Waals surface area contributed by atoms with E-state index in [0.717, 1.165) is 25.1 Å². The third-order valence-electron chi connectivity index (χ3n) is 5.89. The second-order valence-corrected chi connectivity index (χ2v) is 8.89. The van der Waals surface area contributed by atoms with E-state index in [1.807, 2.05) is 6.07 Å². The highest BCUT2D eigenvalue weighted by Crippen LogP contribution is 2.36. The quantitative estimate of drug-likeness (QED) is 0.733. The normalized spacial score (nSPS) is 21.3. The van der Waals surface area contributed by atoms with Crippen LogP contribution in [0.3, 0.4) is 0 Å². The van der Waals surface area contributed by atoms with Crippen LogP contribution in [0.15, 0.2) is 54.5 Å². The Morgan fingerprint density at radius 3 is 2.34 bits per heavy atom. The Labute approximate surface area is 188 Å². The minimum atomic E-state index is -0.299. The number of nitrogens with zero attached hydrogens (tertiary/aromatic N) is 3. The van der Waals surface area contributed by atoms with Crippen molar-refractivity contribution in [3.8, 4) is 0 Å². The molecule has 2 aromatic rings. The van der Waals surface area contributed by atoms with Crippen molar-refractivity contribution in [1.82, 2.24) is 14.8 Å². The number of rotatable bonds is 5. The smallest absolute Gasteiger partial charge is 0.278 e. The topological polar surface area (TPSA) is 82.6 Å². The van der Waals surface area contributed by atoms with Crippen molar-refractivity contribution >= 4 is 29.0 Å². The van der Waals surface area contributed by atoms with E-state index in [9.17, 15) is 14.4 Å². The fraction of sp³-hybridized carbons (Fsp3) is 0.360. The molecule has 32 heavy (non-hydrogen) atoms. The molecule has 0 saturated carbocycles. The average molecular weight is 433 g/mol. The summed E-state index contributed by atoms with van der Waals surface area (Å²) in [6.07, 6.45) is 4.44. The van der Waals surface area contributed by atoms with Gasteiger partial charge in [0.25, 0.3) is 11.8 Å². The lowest BCUT2D eigenvalue weighted by molar-refractivity contribution is -0.138. The zero-order chi connectivity index (χ0) is 22.8. The molecule has 0 aliphatic carbocycles. The molecular formula is C25H28N4O3. The van der Waals surface area contributed by atoms with E-state index in [2.05, 4.69) is 29.0 Å². The summed E-state index contributed by atoms with van der Waals surface area (Å²) in [6.45, 7) is 7.48. The van der Waals surface area contributed by atoms with Gasteiger partial charge in [-0.2, -0.15) is 0 Å². The molecule has 2 aliphatic heterocycles. The second kappa shape index (κ2) is 8.94. The first-order valence-corrected chi connectivity index (χ1v) is 11.0. The average Bonchev–Trinajstić information content (AvgIpc) is 2.99. The maximum atomic E-state index is 13.6. The predicted octanol–water partition coefficient (Wildman–Crippen LogP) is 3.30. The molecule has 1 aromatic heterocycles. The number of anilines is 1. The van der Waals surface area contributed by atoms with Crippen LogP contribution in [0.2, 0.25) is 0 Å². The van der Waals surface area contributed by atoms with Crippen LogP contribution in [-0.2, 0) is 20.9 Å². The standard InChI is InChI=1S/C25H28N4O3/c1-16-11-17(2)14-28(13-16)23-22(20-6-8-21(9-7-20)27-18(3)30)24(31)29(25(23)32)15-19-5-4-10-26-12-19/h4-10,12,16-17H,11,13-15H2,1-3H3,(H,27,30). The van der Waals surface area contributed by atoms with Crippen LogP contribution >= 0.6 is 0 Å². The van der Waals surface area contributed by atoms with E-state index >= 15 is 0 Å². The molecule has 1 N–H and O–H groups in total. The summed E-state index contributed by atoms with van der Waals surface area (Å²) in [6, 6.07) is 10.7. The minimum Gasteiger partial charge on any atom is -0.366 e. The lowest BCUT2D eigenvalue weighted by Crippen LogP contribution is -2.41. The number of benzene rings is 1. The SMILES string of the molecule is CC(=O)Nc1ccc(C2=C(N3CC(C)CC(C)C3)C(=O)N(Cc3cccnc3)C2=O)cc1. The summed E-state index contributed by atoms with van der Waals surface area (Å²) < 4.78 is 0. The van der Waals surface area contributed by atoms with Gasteiger partial charge >= 0.3 is 0 Å². The van der Waals surface area contributed by atoms with Crippen LogP contribution in [-0.4, -0.2) is 45.6 Å². The molecule has 4 rings (SSSR count). The highest BCUT2D eigenvalue weighted by Gasteiger charge is 2.42. The van der Waals surface area contributed by atoms with Crippen LogP contribution in [0, 0.1) is 11.8 Å². The van der Waals surface area contributed by atoms with Gasteiger partial charge in [-0.1, -0.05) is 32.0 Å². The lowest BCUT2D eigenvalue weighted by Gasteiger charge is -2.37. The molecule has 0 radical (unpaired) electrons. The van der Waals surface area contributed by atoms with Crippen LogP contribution < -0.4 is 5.32 Å². The highest BCUT2D eigenvalue weighted by molar-refractivity contribution is 6.35. The van der Waals surface area contributed by atoms with E-state index < -0.39 is 0 Å². The molecule has 2 unspecified atom stereocenters. The maximum Gasteiger partial charge on any atom is 0.278 e. The Kier molecular flexibility index (Phi) is 6.08. The first-order valence-electron chi connectivity index (χ1n) is 11.0. The molecule has 0 bridgehead atoms. The van der Waals surface area contributed by atoms with Crippen LogP contribution in [0.1, 0.15) is 38.3 Å². The van der Waals surface area contributed by atoms with E-state index in [4.69, 9.17) is 0 Å². The van der Waals surface area contributed by atoms with Gasteiger partial charge in [0.05, 0.1) is 12.1 Å². The number of nitrogens with one attached hydrogen (secondary N) is 1. The van der Waals surface area contributed by atoms with Crippen molar-refractivity contribution < 1.29 is 14.4 Å². The molecule has 3 amide bonds. The van der Waals surface area contributed by atoms with E-state index in [1.54, 1.807) is 42.7 Å².